The molecule has 1 aliphatic rings. The normalized spacial score (nSPS) is 12.2. The van der Waals surface area contributed by atoms with Gasteiger partial charge in [-0.1, -0.05) is 37.3 Å². The Morgan fingerprint density at radius 1 is 0.792 bits per heavy atom. The number of hydrogen-bond donors (Lipinski definition) is 0. The van der Waals surface area contributed by atoms with Crippen LogP contribution in [0.3, 0.4) is 0 Å². The lowest BCUT2D eigenvalue weighted by atomic mass is 9.98. The fourth-order valence-electron chi connectivity index (χ4n) is 3.45. The molecule has 4 rings (SSSR count). The van der Waals surface area contributed by atoms with Crippen LogP contribution < -0.4 is 0 Å². The minimum Gasteiger partial charge on any atom is -0.207 e. The Morgan fingerprint density at radius 3 is 2.17 bits per heavy atom. The second kappa shape index (κ2) is 5.52. The van der Waals surface area contributed by atoms with Gasteiger partial charge in [0.05, 0.1) is 0 Å². The lowest BCUT2D eigenvalue weighted by molar-refractivity contribution is 0.583. The van der Waals surface area contributed by atoms with Crippen molar-refractivity contribution >= 4 is 0 Å². The van der Waals surface area contributed by atoms with E-state index in [1.54, 1.807) is 6.07 Å². The zero-order valence-corrected chi connectivity index (χ0v) is 13.2. The fourth-order valence-corrected chi connectivity index (χ4v) is 3.45. The SMILES string of the molecule is CCc1ccc2c(c1)Cc1c-2ccc(-c2cc(F)cc(F)c2)c1F. The summed E-state index contributed by atoms with van der Waals surface area (Å²) in [6.45, 7) is 2.08. The summed E-state index contributed by atoms with van der Waals surface area (Å²) in [6.07, 6.45) is 1.44. The lowest BCUT2D eigenvalue weighted by Gasteiger charge is -2.09. The molecule has 0 aromatic heterocycles. The van der Waals surface area contributed by atoms with Gasteiger partial charge in [-0.25, -0.2) is 13.2 Å². The molecule has 0 fully saturated rings. The van der Waals surface area contributed by atoms with Gasteiger partial charge in [0, 0.05) is 23.6 Å². The molecular weight excluding hydrogens is 309 g/mol. The van der Waals surface area contributed by atoms with E-state index in [2.05, 4.69) is 19.1 Å². The average Bonchev–Trinajstić information content (AvgIpc) is 2.93. The molecule has 0 saturated carbocycles. The van der Waals surface area contributed by atoms with Crippen molar-refractivity contribution in [2.24, 2.45) is 0 Å². The maximum absolute atomic E-state index is 15.0. The fraction of sp³-hybridized carbons (Fsp3) is 0.143. The van der Waals surface area contributed by atoms with E-state index in [1.165, 1.54) is 5.56 Å². The highest BCUT2D eigenvalue weighted by Crippen LogP contribution is 2.41. The number of benzene rings is 3. The minimum absolute atomic E-state index is 0.220. The van der Waals surface area contributed by atoms with Gasteiger partial charge in [-0.15, -0.1) is 0 Å². The molecule has 0 atom stereocenters. The van der Waals surface area contributed by atoms with Gasteiger partial charge in [0.15, 0.2) is 0 Å². The summed E-state index contributed by atoms with van der Waals surface area (Å²) in [5.74, 6) is -1.81. The number of halogens is 3. The Morgan fingerprint density at radius 2 is 1.46 bits per heavy atom. The maximum atomic E-state index is 15.0. The third-order valence-electron chi connectivity index (χ3n) is 4.65. The molecule has 0 spiro atoms. The van der Waals surface area contributed by atoms with Crippen LogP contribution in [0.2, 0.25) is 0 Å². The van der Waals surface area contributed by atoms with E-state index in [4.69, 9.17) is 0 Å². The molecule has 0 heterocycles. The summed E-state index contributed by atoms with van der Waals surface area (Å²) in [5, 5.41) is 0. The summed E-state index contributed by atoms with van der Waals surface area (Å²) >= 11 is 0. The van der Waals surface area contributed by atoms with Gasteiger partial charge in [0.1, 0.15) is 17.5 Å². The lowest BCUT2D eigenvalue weighted by Crippen LogP contribution is -1.94. The monoisotopic (exact) mass is 324 g/mol. The van der Waals surface area contributed by atoms with E-state index in [0.29, 0.717) is 12.0 Å². The predicted molar refractivity (Wildman–Crippen MR) is 89.4 cm³/mol. The van der Waals surface area contributed by atoms with Crippen molar-refractivity contribution in [2.75, 3.05) is 0 Å². The highest BCUT2D eigenvalue weighted by molar-refractivity contribution is 5.81. The maximum Gasteiger partial charge on any atom is 0.135 e. The number of hydrogen-bond acceptors (Lipinski definition) is 0. The van der Waals surface area contributed by atoms with E-state index in [1.807, 2.05) is 12.1 Å². The van der Waals surface area contributed by atoms with Crippen molar-refractivity contribution < 1.29 is 13.2 Å². The molecule has 0 bridgehead atoms. The summed E-state index contributed by atoms with van der Waals surface area (Å²) in [5.41, 5.74) is 5.28. The van der Waals surface area contributed by atoms with Crippen molar-refractivity contribution in [3.8, 4) is 22.3 Å². The second-order valence-corrected chi connectivity index (χ2v) is 6.13. The molecule has 3 aromatic rings. The molecule has 120 valence electrons. The van der Waals surface area contributed by atoms with Gasteiger partial charge in [-0.3, -0.25) is 0 Å². The van der Waals surface area contributed by atoms with Crippen LogP contribution in [0.25, 0.3) is 22.3 Å². The predicted octanol–water partition coefficient (Wildman–Crippen LogP) is 5.90. The van der Waals surface area contributed by atoms with E-state index in [0.717, 1.165) is 41.3 Å². The zero-order valence-electron chi connectivity index (χ0n) is 13.2. The molecule has 0 N–H and O–H groups in total. The summed E-state index contributed by atoms with van der Waals surface area (Å²) < 4.78 is 41.9. The third kappa shape index (κ3) is 2.32. The second-order valence-electron chi connectivity index (χ2n) is 6.13. The molecule has 3 aromatic carbocycles. The Bertz CT molecular complexity index is 937. The first-order valence-electron chi connectivity index (χ1n) is 7.97. The highest BCUT2D eigenvalue weighted by atomic mass is 19.1. The van der Waals surface area contributed by atoms with Crippen molar-refractivity contribution in [1.29, 1.82) is 0 Å². The molecule has 0 aliphatic heterocycles. The Hall–Kier alpha value is -2.55. The standard InChI is InChI=1S/C21H15F3/c1-2-12-3-4-17-13(7-12)10-20-19(17)6-5-18(21(20)24)14-8-15(22)11-16(23)9-14/h3-9,11H,2,10H2,1H3. The first-order chi connectivity index (χ1) is 11.6. The van der Waals surface area contributed by atoms with Crippen LogP contribution in [0.15, 0.2) is 48.5 Å². The van der Waals surface area contributed by atoms with Crippen molar-refractivity contribution in [3.63, 3.8) is 0 Å². The smallest absolute Gasteiger partial charge is 0.135 e. The molecule has 0 radical (unpaired) electrons. The Labute approximate surface area is 138 Å². The van der Waals surface area contributed by atoms with E-state index in [-0.39, 0.29) is 11.1 Å². The molecule has 0 nitrogen and oxygen atoms in total. The summed E-state index contributed by atoms with van der Waals surface area (Å²) in [7, 11) is 0. The average molecular weight is 324 g/mol. The Kier molecular flexibility index (Phi) is 3.45. The number of fused-ring (bicyclic) bond motifs is 3. The molecule has 24 heavy (non-hydrogen) atoms. The number of rotatable bonds is 2. The van der Waals surface area contributed by atoms with Gasteiger partial charge in [-0.2, -0.15) is 0 Å². The third-order valence-corrected chi connectivity index (χ3v) is 4.65. The van der Waals surface area contributed by atoms with Crippen molar-refractivity contribution in [2.45, 2.75) is 19.8 Å². The largest absolute Gasteiger partial charge is 0.207 e. The van der Waals surface area contributed by atoms with Crippen LogP contribution in [0, 0.1) is 17.5 Å². The zero-order chi connectivity index (χ0) is 16.8. The Balaban J connectivity index is 1.85. The first kappa shape index (κ1) is 15.0. The molecular formula is C21H15F3. The van der Waals surface area contributed by atoms with E-state index in [9.17, 15) is 8.78 Å². The van der Waals surface area contributed by atoms with Crippen LogP contribution in [0.4, 0.5) is 13.2 Å². The molecule has 3 heteroatoms. The summed E-state index contributed by atoms with van der Waals surface area (Å²) in [4.78, 5) is 0. The number of aryl methyl sites for hydroxylation is 1. The van der Waals surface area contributed by atoms with Crippen LogP contribution in [0.1, 0.15) is 23.6 Å². The molecule has 0 unspecified atom stereocenters. The van der Waals surface area contributed by atoms with Crippen molar-refractivity contribution in [1.82, 2.24) is 0 Å². The van der Waals surface area contributed by atoms with Crippen LogP contribution in [-0.2, 0) is 12.8 Å². The van der Waals surface area contributed by atoms with Crippen LogP contribution in [-0.4, -0.2) is 0 Å². The highest BCUT2D eigenvalue weighted by Gasteiger charge is 2.24. The van der Waals surface area contributed by atoms with Gasteiger partial charge in [0.25, 0.3) is 0 Å². The van der Waals surface area contributed by atoms with Crippen LogP contribution >= 0.6 is 0 Å². The van der Waals surface area contributed by atoms with Gasteiger partial charge in [-0.05, 0) is 46.4 Å². The molecule has 0 amide bonds. The van der Waals surface area contributed by atoms with Gasteiger partial charge in [0.2, 0.25) is 0 Å². The summed E-state index contributed by atoms with van der Waals surface area (Å²) in [6, 6.07) is 12.7. The molecule has 1 aliphatic carbocycles. The van der Waals surface area contributed by atoms with Gasteiger partial charge >= 0.3 is 0 Å². The van der Waals surface area contributed by atoms with Gasteiger partial charge < -0.3 is 0 Å². The minimum atomic E-state index is -0.708. The van der Waals surface area contributed by atoms with E-state index >= 15 is 4.39 Å². The molecule has 0 saturated heterocycles. The van der Waals surface area contributed by atoms with E-state index < -0.39 is 17.5 Å². The topological polar surface area (TPSA) is 0 Å². The quantitative estimate of drug-likeness (QED) is 0.430. The van der Waals surface area contributed by atoms with Crippen LogP contribution in [0.5, 0.6) is 0 Å². The van der Waals surface area contributed by atoms with Crippen molar-refractivity contribution in [3.05, 3.63) is 82.7 Å². The first-order valence-corrected chi connectivity index (χ1v) is 7.97.